The molecule has 0 saturated carbocycles. The minimum atomic E-state index is 0. The number of nitrogens with one attached hydrogen (secondary N) is 1. The molecule has 1 aromatic heterocycles. The van der Waals surface area contributed by atoms with Crippen LogP contribution in [-0.4, -0.2) is 31.1 Å². The lowest BCUT2D eigenvalue weighted by molar-refractivity contribution is 0.415. The van der Waals surface area contributed by atoms with Crippen LogP contribution in [0.2, 0.25) is 5.02 Å². The highest BCUT2D eigenvalue weighted by Gasteiger charge is 2.12. The van der Waals surface area contributed by atoms with E-state index in [0.717, 1.165) is 30.2 Å². The number of halogens is 2. The Balaban J connectivity index is 0.00000261. The molecular weight excluding hydrogens is 477 g/mol. The molecule has 0 amide bonds. The molecule has 1 aromatic carbocycles. The number of hydrogen-bond acceptors (Lipinski definition) is 4. The van der Waals surface area contributed by atoms with Crippen LogP contribution in [0, 0.1) is 0 Å². The number of guanidine groups is 1. The summed E-state index contributed by atoms with van der Waals surface area (Å²) in [6, 6.07) is 9.43. The van der Waals surface area contributed by atoms with Crippen molar-refractivity contribution in [2.24, 2.45) is 10.7 Å². The Morgan fingerprint density at radius 1 is 1.26 bits per heavy atom. The van der Waals surface area contributed by atoms with Crippen LogP contribution >= 0.6 is 35.6 Å². The SMILES string of the molecule is COc1ccc(NC(N)=NCc2ccnc(N3CCCCC3)c2)cc1Cl.I. The minimum Gasteiger partial charge on any atom is -0.495 e. The molecular formula is C19H25ClIN5O. The molecule has 0 atom stereocenters. The normalized spacial score (nSPS) is 14.4. The molecule has 8 heteroatoms. The van der Waals surface area contributed by atoms with Gasteiger partial charge < -0.3 is 20.7 Å². The van der Waals surface area contributed by atoms with E-state index in [0.29, 0.717) is 23.3 Å². The van der Waals surface area contributed by atoms with E-state index in [2.05, 4.69) is 26.3 Å². The number of methoxy groups -OCH3 is 1. The number of aromatic nitrogens is 1. The number of hydrogen-bond donors (Lipinski definition) is 2. The van der Waals surface area contributed by atoms with Gasteiger partial charge in [0.2, 0.25) is 0 Å². The number of pyridine rings is 1. The third-order valence-corrected chi connectivity index (χ3v) is 4.64. The van der Waals surface area contributed by atoms with Crippen LogP contribution in [0.3, 0.4) is 0 Å². The van der Waals surface area contributed by atoms with E-state index >= 15 is 0 Å². The Labute approximate surface area is 182 Å². The standard InChI is InChI=1S/C19H24ClN5O.HI/c1-26-17-6-5-15(12-16(17)20)24-19(21)23-13-14-7-8-22-18(11-14)25-9-3-2-4-10-25;/h5-8,11-12H,2-4,9-10,13H2,1H3,(H3,21,23,24);1H. The van der Waals surface area contributed by atoms with Crippen molar-refractivity contribution in [2.45, 2.75) is 25.8 Å². The zero-order valence-electron chi connectivity index (χ0n) is 15.3. The summed E-state index contributed by atoms with van der Waals surface area (Å²) in [5.41, 5.74) is 7.84. The fraction of sp³-hybridized carbons (Fsp3) is 0.368. The molecule has 1 fully saturated rings. The first kappa shape index (κ1) is 21.6. The molecule has 0 bridgehead atoms. The number of nitrogens with two attached hydrogens (primary N) is 1. The fourth-order valence-electron chi connectivity index (χ4n) is 2.96. The molecule has 3 N–H and O–H groups in total. The monoisotopic (exact) mass is 501 g/mol. The third-order valence-electron chi connectivity index (χ3n) is 4.35. The fourth-order valence-corrected chi connectivity index (χ4v) is 3.22. The molecule has 1 aliphatic rings. The Morgan fingerprint density at radius 3 is 2.74 bits per heavy atom. The highest BCUT2D eigenvalue weighted by atomic mass is 127. The van der Waals surface area contributed by atoms with Crippen LogP contribution in [0.5, 0.6) is 5.75 Å². The van der Waals surface area contributed by atoms with Gasteiger partial charge in [0.25, 0.3) is 0 Å². The van der Waals surface area contributed by atoms with Crippen molar-refractivity contribution in [1.29, 1.82) is 0 Å². The van der Waals surface area contributed by atoms with E-state index in [1.165, 1.54) is 19.3 Å². The van der Waals surface area contributed by atoms with E-state index < -0.39 is 0 Å². The van der Waals surface area contributed by atoms with Crippen molar-refractivity contribution >= 4 is 53.0 Å². The van der Waals surface area contributed by atoms with Crippen molar-refractivity contribution in [1.82, 2.24) is 4.98 Å². The molecule has 0 radical (unpaired) electrons. The first-order valence-corrected chi connectivity index (χ1v) is 9.14. The zero-order valence-corrected chi connectivity index (χ0v) is 18.4. The summed E-state index contributed by atoms with van der Waals surface area (Å²) in [5.74, 6) is 1.98. The summed E-state index contributed by atoms with van der Waals surface area (Å²) < 4.78 is 5.14. The van der Waals surface area contributed by atoms with E-state index in [-0.39, 0.29) is 24.0 Å². The van der Waals surface area contributed by atoms with Crippen molar-refractivity contribution in [3.8, 4) is 5.75 Å². The van der Waals surface area contributed by atoms with Gasteiger partial charge in [-0.25, -0.2) is 9.98 Å². The number of aliphatic imine (C=N–C) groups is 1. The summed E-state index contributed by atoms with van der Waals surface area (Å²) in [7, 11) is 1.58. The van der Waals surface area contributed by atoms with Gasteiger partial charge in [-0.3, -0.25) is 0 Å². The van der Waals surface area contributed by atoms with Crippen LogP contribution in [0.15, 0.2) is 41.5 Å². The van der Waals surface area contributed by atoms with Gasteiger partial charge in [-0.15, -0.1) is 24.0 Å². The Kier molecular flexibility index (Phi) is 8.43. The van der Waals surface area contributed by atoms with Crippen LogP contribution in [-0.2, 0) is 6.54 Å². The zero-order chi connectivity index (χ0) is 18.4. The van der Waals surface area contributed by atoms with Gasteiger partial charge >= 0.3 is 0 Å². The van der Waals surface area contributed by atoms with Gasteiger partial charge in [0.1, 0.15) is 11.6 Å². The van der Waals surface area contributed by atoms with Crippen molar-refractivity contribution in [2.75, 3.05) is 30.4 Å². The second-order valence-electron chi connectivity index (χ2n) is 6.25. The molecule has 6 nitrogen and oxygen atoms in total. The Bertz CT molecular complexity index is 780. The first-order valence-electron chi connectivity index (χ1n) is 8.76. The van der Waals surface area contributed by atoms with Crippen molar-refractivity contribution in [3.05, 3.63) is 47.1 Å². The quantitative estimate of drug-likeness (QED) is 0.363. The lowest BCUT2D eigenvalue weighted by atomic mass is 10.1. The maximum Gasteiger partial charge on any atom is 0.193 e. The maximum atomic E-state index is 6.12. The van der Waals surface area contributed by atoms with Crippen LogP contribution < -0.4 is 20.7 Å². The molecule has 3 rings (SSSR count). The molecule has 1 aliphatic heterocycles. The highest BCUT2D eigenvalue weighted by molar-refractivity contribution is 14.0. The van der Waals surface area contributed by atoms with Crippen LogP contribution in [0.1, 0.15) is 24.8 Å². The smallest absolute Gasteiger partial charge is 0.193 e. The lowest BCUT2D eigenvalue weighted by Gasteiger charge is -2.27. The number of ether oxygens (including phenoxy) is 1. The Hall–Kier alpha value is -1.74. The van der Waals surface area contributed by atoms with Crippen molar-refractivity contribution in [3.63, 3.8) is 0 Å². The van der Waals surface area contributed by atoms with Gasteiger partial charge in [-0.2, -0.15) is 0 Å². The average Bonchev–Trinajstić information content (AvgIpc) is 2.67. The molecule has 146 valence electrons. The number of piperidine rings is 1. The molecule has 27 heavy (non-hydrogen) atoms. The molecule has 2 aromatic rings. The van der Waals surface area contributed by atoms with Gasteiger partial charge in [-0.1, -0.05) is 11.6 Å². The third kappa shape index (κ3) is 6.14. The second kappa shape index (κ2) is 10.6. The minimum absolute atomic E-state index is 0. The lowest BCUT2D eigenvalue weighted by Crippen LogP contribution is -2.30. The number of nitrogens with zero attached hydrogens (tertiary/aromatic N) is 3. The van der Waals surface area contributed by atoms with E-state index in [1.807, 2.05) is 18.3 Å². The average molecular weight is 502 g/mol. The van der Waals surface area contributed by atoms with E-state index in [9.17, 15) is 0 Å². The first-order chi connectivity index (χ1) is 12.7. The number of anilines is 2. The predicted octanol–water partition coefficient (Wildman–Crippen LogP) is 4.28. The summed E-state index contributed by atoms with van der Waals surface area (Å²) in [5, 5.41) is 3.56. The maximum absolute atomic E-state index is 6.12. The molecule has 0 aliphatic carbocycles. The topological polar surface area (TPSA) is 75.8 Å². The summed E-state index contributed by atoms with van der Waals surface area (Å²) in [4.78, 5) is 11.2. The molecule has 0 spiro atoms. The van der Waals surface area contributed by atoms with E-state index in [4.69, 9.17) is 22.1 Å². The molecule has 0 unspecified atom stereocenters. The largest absolute Gasteiger partial charge is 0.495 e. The van der Waals surface area contributed by atoms with Gasteiger partial charge in [-0.05, 0) is 55.2 Å². The second-order valence-corrected chi connectivity index (χ2v) is 6.65. The number of rotatable bonds is 5. The van der Waals surface area contributed by atoms with Gasteiger partial charge in [0, 0.05) is 25.0 Å². The molecule has 2 heterocycles. The predicted molar refractivity (Wildman–Crippen MR) is 123 cm³/mol. The molecule has 1 saturated heterocycles. The summed E-state index contributed by atoms with van der Waals surface area (Å²) in [6.07, 6.45) is 5.59. The number of benzene rings is 1. The van der Waals surface area contributed by atoms with E-state index in [1.54, 1.807) is 19.2 Å². The van der Waals surface area contributed by atoms with Gasteiger partial charge in [0.05, 0.1) is 18.7 Å². The van der Waals surface area contributed by atoms with Gasteiger partial charge in [0.15, 0.2) is 5.96 Å². The highest BCUT2D eigenvalue weighted by Crippen LogP contribution is 2.27. The van der Waals surface area contributed by atoms with Crippen LogP contribution in [0.4, 0.5) is 11.5 Å². The summed E-state index contributed by atoms with van der Waals surface area (Å²) >= 11 is 6.12. The Morgan fingerprint density at radius 2 is 2.04 bits per heavy atom. The summed E-state index contributed by atoms with van der Waals surface area (Å²) in [6.45, 7) is 2.63. The van der Waals surface area contributed by atoms with Crippen LogP contribution in [0.25, 0.3) is 0 Å². The van der Waals surface area contributed by atoms with Crippen molar-refractivity contribution < 1.29 is 4.74 Å².